The van der Waals surface area contributed by atoms with Gasteiger partial charge in [-0.3, -0.25) is 9.48 Å². The van der Waals surface area contributed by atoms with Crippen LogP contribution < -0.4 is 16.2 Å². The molecular formula is C22H26N6O3S. The third-order valence-electron chi connectivity index (χ3n) is 5.60. The van der Waals surface area contributed by atoms with Crippen molar-refractivity contribution < 1.29 is 9.53 Å². The second kappa shape index (κ2) is 8.99. The minimum absolute atomic E-state index is 0.170. The topological polar surface area (TPSA) is 95.1 Å². The van der Waals surface area contributed by atoms with Crippen molar-refractivity contribution in [3.8, 4) is 5.69 Å². The number of carbonyl (C=O) groups excluding carboxylic acids is 1. The second-order valence-electron chi connectivity index (χ2n) is 7.59. The molecule has 0 radical (unpaired) electrons. The number of ether oxygens (including phenoxy) is 1. The summed E-state index contributed by atoms with van der Waals surface area (Å²) < 4.78 is 10.0. The van der Waals surface area contributed by atoms with Gasteiger partial charge >= 0.3 is 6.09 Å². The van der Waals surface area contributed by atoms with E-state index in [1.54, 1.807) is 16.3 Å². The van der Waals surface area contributed by atoms with Gasteiger partial charge in [-0.05, 0) is 63.9 Å². The summed E-state index contributed by atoms with van der Waals surface area (Å²) in [5.41, 5.74) is 3.32. The number of rotatable bonds is 4. The van der Waals surface area contributed by atoms with Gasteiger partial charge in [0, 0.05) is 7.05 Å². The summed E-state index contributed by atoms with van der Waals surface area (Å²) in [5, 5.41) is 6.16. The van der Waals surface area contributed by atoms with Gasteiger partial charge in [0.1, 0.15) is 5.69 Å². The Morgan fingerprint density at radius 1 is 1.19 bits per heavy atom. The van der Waals surface area contributed by atoms with E-state index in [-0.39, 0.29) is 17.3 Å². The standard InChI is InChI=1S/C22H26N6O3S/c1-4-31-22(30)27-17-13-9-8-12-16(17)23-20(27)25-21(32)24-18-14(2)26(3)28(19(18)29)15-10-6-5-7-11-15/h5-7,10-11H,4,8-9,12-13H2,1-3H3,(H2,23,24,25,32). The summed E-state index contributed by atoms with van der Waals surface area (Å²) in [6, 6.07) is 9.37. The molecule has 4 rings (SSSR count). The van der Waals surface area contributed by atoms with Gasteiger partial charge in [-0.15, -0.1) is 0 Å². The molecule has 0 saturated carbocycles. The average molecular weight is 455 g/mol. The Balaban J connectivity index is 1.62. The Bertz CT molecular complexity index is 1220. The van der Waals surface area contributed by atoms with Gasteiger partial charge in [-0.2, -0.15) is 0 Å². The van der Waals surface area contributed by atoms with Crippen molar-refractivity contribution in [3.05, 3.63) is 57.8 Å². The number of para-hydroxylation sites is 1. The quantitative estimate of drug-likeness (QED) is 0.584. The first-order valence-corrected chi connectivity index (χ1v) is 11.0. The molecule has 2 heterocycles. The van der Waals surface area contributed by atoms with Crippen molar-refractivity contribution in [2.75, 3.05) is 17.2 Å². The first-order chi connectivity index (χ1) is 15.4. The van der Waals surface area contributed by atoms with Crippen molar-refractivity contribution in [1.82, 2.24) is 18.9 Å². The van der Waals surface area contributed by atoms with E-state index >= 15 is 0 Å². The van der Waals surface area contributed by atoms with Crippen LogP contribution in [0, 0.1) is 6.92 Å². The summed E-state index contributed by atoms with van der Waals surface area (Å²) in [7, 11) is 1.81. The molecule has 168 valence electrons. The van der Waals surface area contributed by atoms with Crippen molar-refractivity contribution >= 4 is 35.1 Å². The minimum atomic E-state index is -0.490. The summed E-state index contributed by atoms with van der Waals surface area (Å²) in [5.74, 6) is 0.296. The maximum absolute atomic E-state index is 13.1. The second-order valence-corrected chi connectivity index (χ2v) is 7.99. The van der Waals surface area contributed by atoms with Gasteiger partial charge < -0.3 is 15.4 Å². The van der Waals surface area contributed by atoms with Gasteiger partial charge in [-0.1, -0.05) is 18.2 Å². The van der Waals surface area contributed by atoms with E-state index in [2.05, 4.69) is 15.6 Å². The van der Waals surface area contributed by atoms with Crippen molar-refractivity contribution in [1.29, 1.82) is 0 Å². The minimum Gasteiger partial charge on any atom is -0.449 e. The van der Waals surface area contributed by atoms with E-state index in [0.717, 1.165) is 48.5 Å². The molecule has 1 aliphatic rings. The first-order valence-electron chi connectivity index (χ1n) is 10.6. The van der Waals surface area contributed by atoms with E-state index in [1.165, 1.54) is 4.57 Å². The van der Waals surface area contributed by atoms with Crippen LogP contribution >= 0.6 is 12.2 Å². The zero-order valence-electron chi connectivity index (χ0n) is 18.3. The molecule has 1 aliphatic carbocycles. The Hall–Kier alpha value is -3.40. The highest BCUT2D eigenvalue weighted by atomic mass is 32.1. The van der Waals surface area contributed by atoms with Gasteiger partial charge in [0.2, 0.25) is 5.95 Å². The third-order valence-corrected chi connectivity index (χ3v) is 5.81. The van der Waals surface area contributed by atoms with Crippen molar-refractivity contribution in [2.24, 2.45) is 7.05 Å². The van der Waals surface area contributed by atoms with E-state index in [9.17, 15) is 9.59 Å². The fourth-order valence-corrected chi connectivity index (χ4v) is 4.16. The number of nitrogens with one attached hydrogen (secondary N) is 2. The van der Waals surface area contributed by atoms with Crippen LogP contribution in [0.5, 0.6) is 0 Å². The number of thiocarbonyl (C=S) groups is 1. The number of benzene rings is 1. The highest BCUT2D eigenvalue weighted by Crippen LogP contribution is 2.25. The van der Waals surface area contributed by atoms with Gasteiger partial charge in [0.15, 0.2) is 5.11 Å². The van der Waals surface area contributed by atoms with E-state index in [4.69, 9.17) is 17.0 Å². The van der Waals surface area contributed by atoms with Crippen molar-refractivity contribution in [2.45, 2.75) is 39.5 Å². The van der Waals surface area contributed by atoms with Crippen LogP contribution in [0.3, 0.4) is 0 Å². The SMILES string of the molecule is CCOC(=O)n1c(NC(=S)Nc2c(C)n(C)n(-c3ccccc3)c2=O)nc2c1CCCC2. The van der Waals surface area contributed by atoms with Gasteiger partial charge in [0.25, 0.3) is 5.56 Å². The van der Waals surface area contributed by atoms with Crippen LogP contribution in [-0.4, -0.2) is 36.7 Å². The molecule has 2 aromatic heterocycles. The number of hydrogen-bond donors (Lipinski definition) is 2. The van der Waals surface area contributed by atoms with Crippen LogP contribution in [-0.2, 0) is 24.6 Å². The lowest BCUT2D eigenvalue weighted by Gasteiger charge is -2.14. The van der Waals surface area contributed by atoms with Crippen LogP contribution in [0.4, 0.5) is 16.4 Å². The molecule has 0 spiro atoms. The van der Waals surface area contributed by atoms with Crippen molar-refractivity contribution in [3.63, 3.8) is 0 Å². The summed E-state index contributed by atoms with van der Waals surface area (Å²) in [4.78, 5) is 30.3. The maximum Gasteiger partial charge on any atom is 0.421 e. The molecule has 2 N–H and O–H groups in total. The number of carbonyl (C=O) groups is 1. The Labute approximate surface area is 191 Å². The zero-order valence-corrected chi connectivity index (χ0v) is 19.2. The van der Waals surface area contributed by atoms with Gasteiger partial charge in [-0.25, -0.2) is 19.0 Å². The number of hydrogen-bond acceptors (Lipinski definition) is 5. The molecular weight excluding hydrogens is 428 g/mol. The number of aromatic nitrogens is 4. The molecule has 0 fully saturated rings. The van der Waals surface area contributed by atoms with Crippen LogP contribution in [0.2, 0.25) is 0 Å². The molecule has 0 amide bonds. The summed E-state index contributed by atoms with van der Waals surface area (Å²) >= 11 is 5.47. The smallest absolute Gasteiger partial charge is 0.421 e. The summed E-state index contributed by atoms with van der Waals surface area (Å²) in [6.45, 7) is 3.86. The Kier molecular flexibility index (Phi) is 6.13. The Morgan fingerprint density at radius 3 is 2.62 bits per heavy atom. The lowest BCUT2D eigenvalue weighted by atomic mass is 10.0. The average Bonchev–Trinajstić information content (AvgIpc) is 3.24. The number of aryl methyl sites for hydroxylation is 1. The number of nitrogens with zero attached hydrogens (tertiary/aromatic N) is 4. The zero-order chi connectivity index (χ0) is 22.8. The van der Waals surface area contributed by atoms with Crippen LogP contribution in [0.25, 0.3) is 5.69 Å². The molecule has 0 atom stereocenters. The normalized spacial score (nSPS) is 12.8. The summed E-state index contributed by atoms with van der Waals surface area (Å²) in [6.07, 6.45) is 3.08. The Morgan fingerprint density at radius 2 is 1.91 bits per heavy atom. The molecule has 1 aromatic carbocycles. The van der Waals surface area contributed by atoms with E-state index in [0.29, 0.717) is 11.6 Å². The molecule has 0 unspecified atom stereocenters. The predicted molar refractivity (Wildman–Crippen MR) is 127 cm³/mol. The third kappa shape index (κ3) is 3.93. The van der Waals surface area contributed by atoms with Crippen LogP contribution in [0.1, 0.15) is 36.8 Å². The molecule has 9 nitrogen and oxygen atoms in total. The predicted octanol–water partition coefficient (Wildman–Crippen LogP) is 3.37. The monoisotopic (exact) mass is 454 g/mol. The van der Waals surface area contributed by atoms with E-state index < -0.39 is 6.09 Å². The molecule has 32 heavy (non-hydrogen) atoms. The fourth-order valence-electron chi connectivity index (χ4n) is 3.97. The number of imidazole rings is 1. The fraction of sp³-hybridized carbons (Fsp3) is 0.364. The highest BCUT2D eigenvalue weighted by molar-refractivity contribution is 7.80. The number of anilines is 2. The number of fused-ring (bicyclic) bond motifs is 1. The maximum atomic E-state index is 13.1. The molecule has 3 aromatic rings. The first kappa shape index (κ1) is 21.8. The molecule has 10 heteroatoms. The molecule has 0 bridgehead atoms. The molecule has 0 aliphatic heterocycles. The lowest BCUT2D eigenvalue weighted by molar-refractivity contribution is 0.153. The van der Waals surface area contributed by atoms with Gasteiger partial charge in [0.05, 0.1) is 29.4 Å². The largest absolute Gasteiger partial charge is 0.449 e. The highest BCUT2D eigenvalue weighted by Gasteiger charge is 2.26. The molecule has 0 saturated heterocycles. The van der Waals surface area contributed by atoms with E-state index in [1.807, 2.05) is 44.3 Å². The lowest BCUT2D eigenvalue weighted by Crippen LogP contribution is -2.28. The van der Waals surface area contributed by atoms with Crippen LogP contribution in [0.15, 0.2) is 35.1 Å².